The highest BCUT2D eigenvalue weighted by atomic mass is 32.2. The standard InChI is InChI=1S/C16H15N5O2S/c17-15(18)21-16-20-14(23)12(24-16)8-13(22)19-11-7-3-5-9-4-1-2-6-10(9)11/h1-7,12H,8H2,(H,19,22)(H4,17,18,20,21,23)/t12-/m1/s1. The fourth-order valence-electron chi connectivity index (χ4n) is 2.37. The summed E-state index contributed by atoms with van der Waals surface area (Å²) in [7, 11) is 0. The minimum atomic E-state index is -0.613. The van der Waals surface area contributed by atoms with Gasteiger partial charge in [0.05, 0.1) is 0 Å². The zero-order chi connectivity index (χ0) is 17.1. The Bertz CT molecular complexity index is 868. The Kier molecular flexibility index (Phi) is 4.48. The van der Waals surface area contributed by atoms with Crippen LogP contribution in [0.1, 0.15) is 6.42 Å². The predicted molar refractivity (Wildman–Crippen MR) is 96.8 cm³/mol. The van der Waals surface area contributed by atoms with Gasteiger partial charge in [-0.1, -0.05) is 48.2 Å². The quantitative estimate of drug-likeness (QED) is 0.576. The van der Waals surface area contributed by atoms with E-state index in [0.29, 0.717) is 5.69 Å². The number of amides is 2. The van der Waals surface area contributed by atoms with Gasteiger partial charge in [0.15, 0.2) is 11.1 Å². The largest absolute Gasteiger partial charge is 0.370 e. The van der Waals surface area contributed by atoms with E-state index in [1.807, 2.05) is 42.5 Å². The van der Waals surface area contributed by atoms with E-state index in [1.54, 1.807) is 0 Å². The Labute approximate surface area is 142 Å². The SMILES string of the molecule is NC(N)=NC1=NC(=O)[C@@H](CC(=O)Nc2cccc3ccccc23)S1. The Balaban J connectivity index is 1.68. The molecular formula is C16H15N5O2S. The number of rotatable bonds is 3. The number of nitrogens with two attached hydrogens (primary N) is 2. The molecular weight excluding hydrogens is 326 g/mol. The van der Waals surface area contributed by atoms with Gasteiger partial charge >= 0.3 is 0 Å². The Morgan fingerprint density at radius 3 is 2.75 bits per heavy atom. The third-order valence-electron chi connectivity index (χ3n) is 3.39. The van der Waals surface area contributed by atoms with Crippen molar-refractivity contribution in [3.05, 3.63) is 42.5 Å². The number of amidine groups is 1. The molecule has 1 heterocycles. The molecule has 0 aromatic heterocycles. The summed E-state index contributed by atoms with van der Waals surface area (Å²) >= 11 is 1.08. The number of aliphatic imine (C=N–C) groups is 2. The lowest BCUT2D eigenvalue weighted by atomic mass is 10.1. The maximum Gasteiger partial charge on any atom is 0.262 e. The van der Waals surface area contributed by atoms with Crippen LogP contribution in [0.25, 0.3) is 10.8 Å². The first-order valence-electron chi connectivity index (χ1n) is 7.19. The molecule has 122 valence electrons. The van der Waals surface area contributed by atoms with Crippen LogP contribution in [0.5, 0.6) is 0 Å². The van der Waals surface area contributed by atoms with E-state index in [2.05, 4.69) is 15.3 Å². The van der Waals surface area contributed by atoms with Gasteiger partial charge < -0.3 is 16.8 Å². The first kappa shape index (κ1) is 16.0. The van der Waals surface area contributed by atoms with Crippen molar-refractivity contribution in [1.29, 1.82) is 0 Å². The van der Waals surface area contributed by atoms with Crippen LogP contribution in [-0.2, 0) is 9.59 Å². The third-order valence-corrected chi connectivity index (χ3v) is 4.43. The lowest BCUT2D eigenvalue weighted by Crippen LogP contribution is -2.23. The highest BCUT2D eigenvalue weighted by Crippen LogP contribution is 2.27. The van der Waals surface area contributed by atoms with E-state index in [-0.39, 0.29) is 23.5 Å². The number of benzene rings is 2. The smallest absolute Gasteiger partial charge is 0.262 e. The molecule has 5 N–H and O–H groups in total. The third kappa shape index (κ3) is 3.54. The lowest BCUT2D eigenvalue weighted by molar-refractivity contribution is -0.121. The second-order valence-electron chi connectivity index (χ2n) is 5.15. The predicted octanol–water partition coefficient (Wildman–Crippen LogP) is 1.44. The van der Waals surface area contributed by atoms with Crippen molar-refractivity contribution >= 4 is 51.2 Å². The van der Waals surface area contributed by atoms with Gasteiger partial charge in [0, 0.05) is 17.5 Å². The molecule has 1 aliphatic rings. The van der Waals surface area contributed by atoms with E-state index in [0.717, 1.165) is 22.5 Å². The van der Waals surface area contributed by atoms with Crippen molar-refractivity contribution in [1.82, 2.24) is 0 Å². The first-order chi connectivity index (χ1) is 11.5. The van der Waals surface area contributed by atoms with E-state index >= 15 is 0 Å². The summed E-state index contributed by atoms with van der Waals surface area (Å²) in [5.41, 5.74) is 11.2. The van der Waals surface area contributed by atoms with Gasteiger partial charge in [0.2, 0.25) is 5.91 Å². The molecule has 0 radical (unpaired) electrons. The molecule has 2 aromatic carbocycles. The fraction of sp³-hybridized carbons (Fsp3) is 0.125. The molecule has 1 aliphatic heterocycles. The van der Waals surface area contributed by atoms with Crippen molar-refractivity contribution in [2.24, 2.45) is 21.5 Å². The van der Waals surface area contributed by atoms with Crippen molar-refractivity contribution in [2.75, 3.05) is 5.32 Å². The Morgan fingerprint density at radius 2 is 1.96 bits per heavy atom. The van der Waals surface area contributed by atoms with Gasteiger partial charge in [-0.2, -0.15) is 9.98 Å². The topological polar surface area (TPSA) is 123 Å². The van der Waals surface area contributed by atoms with Crippen molar-refractivity contribution in [3.8, 4) is 0 Å². The number of nitrogens with one attached hydrogen (secondary N) is 1. The normalized spacial score (nSPS) is 16.8. The average Bonchev–Trinajstić information content (AvgIpc) is 2.86. The maximum absolute atomic E-state index is 12.3. The molecule has 2 amide bonds. The van der Waals surface area contributed by atoms with Crippen LogP contribution in [0.2, 0.25) is 0 Å². The molecule has 8 heteroatoms. The lowest BCUT2D eigenvalue weighted by Gasteiger charge is -2.10. The minimum Gasteiger partial charge on any atom is -0.370 e. The number of fused-ring (bicyclic) bond motifs is 1. The summed E-state index contributed by atoms with van der Waals surface area (Å²) in [5.74, 6) is -0.846. The van der Waals surface area contributed by atoms with Gasteiger partial charge in [-0.3, -0.25) is 9.59 Å². The van der Waals surface area contributed by atoms with Crippen LogP contribution in [0, 0.1) is 0 Å². The molecule has 24 heavy (non-hydrogen) atoms. The summed E-state index contributed by atoms with van der Waals surface area (Å²) in [4.78, 5) is 31.6. The molecule has 0 aliphatic carbocycles. The number of hydrogen-bond acceptors (Lipinski definition) is 4. The number of anilines is 1. The van der Waals surface area contributed by atoms with Gasteiger partial charge in [0.25, 0.3) is 5.91 Å². The Morgan fingerprint density at radius 1 is 1.21 bits per heavy atom. The number of thioether (sulfide) groups is 1. The van der Waals surface area contributed by atoms with Crippen molar-refractivity contribution in [3.63, 3.8) is 0 Å². The average molecular weight is 341 g/mol. The zero-order valence-corrected chi connectivity index (χ0v) is 13.4. The van der Waals surface area contributed by atoms with E-state index in [4.69, 9.17) is 11.5 Å². The fourth-order valence-corrected chi connectivity index (χ4v) is 3.31. The van der Waals surface area contributed by atoms with Gasteiger partial charge in [-0.05, 0) is 11.5 Å². The highest BCUT2D eigenvalue weighted by Gasteiger charge is 2.30. The van der Waals surface area contributed by atoms with Gasteiger partial charge in [-0.25, -0.2) is 0 Å². The van der Waals surface area contributed by atoms with Crippen LogP contribution in [-0.4, -0.2) is 28.2 Å². The summed E-state index contributed by atoms with van der Waals surface area (Å²) in [6, 6.07) is 13.4. The zero-order valence-electron chi connectivity index (χ0n) is 12.6. The molecule has 0 fully saturated rings. The molecule has 0 unspecified atom stereocenters. The number of carbonyl (C=O) groups excluding carboxylic acids is 2. The van der Waals surface area contributed by atoms with Crippen molar-refractivity contribution in [2.45, 2.75) is 11.7 Å². The van der Waals surface area contributed by atoms with E-state index in [9.17, 15) is 9.59 Å². The van der Waals surface area contributed by atoms with Gasteiger partial charge in [-0.15, -0.1) is 0 Å². The van der Waals surface area contributed by atoms with Gasteiger partial charge in [0.1, 0.15) is 5.25 Å². The van der Waals surface area contributed by atoms with Crippen LogP contribution in [0.3, 0.4) is 0 Å². The molecule has 0 spiro atoms. The number of hydrogen-bond donors (Lipinski definition) is 3. The second kappa shape index (κ2) is 6.71. The first-order valence-corrected chi connectivity index (χ1v) is 8.07. The number of guanidine groups is 1. The molecule has 2 aromatic rings. The van der Waals surface area contributed by atoms with E-state index < -0.39 is 11.2 Å². The Hall–Kier alpha value is -2.87. The van der Waals surface area contributed by atoms with Crippen LogP contribution >= 0.6 is 11.8 Å². The molecule has 7 nitrogen and oxygen atoms in total. The number of carbonyl (C=O) groups is 2. The number of nitrogens with zero attached hydrogens (tertiary/aromatic N) is 2. The molecule has 1 atom stereocenters. The van der Waals surface area contributed by atoms with Crippen molar-refractivity contribution < 1.29 is 9.59 Å². The molecule has 3 rings (SSSR count). The van der Waals surface area contributed by atoms with Crippen LogP contribution < -0.4 is 16.8 Å². The molecule has 0 saturated carbocycles. The summed E-state index contributed by atoms with van der Waals surface area (Å²) in [6.45, 7) is 0. The minimum absolute atomic E-state index is 0.000280. The summed E-state index contributed by atoms with van der Waals surface area (Å²) < 4.78 is 0. The van der Waals surface area contributed by atoms with Crippen LogP contribution in [0.4, 0.5) is 5.69 Å². The molecule has 0 saturated heterocycles. The monoisotopic (exact) mass is 341 g/mol. The van der Waals surface area contributed by atoms with E-state index in [1.165, 1.54) is 0 Å². The second-order valence-corrected chi connectivity index (χ2v) is 6.32. The summed E-state index contributed by atoms with van der Waals surface area (Å²) in [5, 5.41) is 4.39. The van der Waals surface area contributed by atoms with Crippen LogP contribution in [0.15, 0.2) is 52.4 Å². The molecule has 0 bridgehead atoms. The summed E-state index contributed by atoms with van der Waals surface area (Å²) in [6.07, 6.45) is -0.000280. The maximum atomic E-state index is 12.3. The highest BCUT2D eigenvalue weighted by molar-refractivity contribution is 8.15.